The van der Waals surface area contributed by atoms with E-state index in [-0.39, 0.29) is 0 Å². The molecule has 0 amide bonds. The second-order valence-electron chi connectivity index (χ2n) is 18.5. The number of hydrogen-bond acceptors (Lipinski definition) is 27. The summed E-state index contributed by atoms with van der Waals surface area (Å²) in [7, 11) is 1.85. The second kappa shape index (κ2) is 25.6. The maximum atomic E-state index is 5.79. The molecule has 0 atom stereocenters. The Bertz CT molecular complexity index is 4630. The fraction of sp³-hybridized carbons (Fsp3) is 0.229. The number of nitrogen functional groups attached to an aromatic ring is 7. The molecule has 0 spiro atoms. The molecular weight excluding hydrogens is 1210 g/mol. The number of aromatic nitrogens is 17. The van der Waals surface area contributed by atoms with Crippen LogP contribution in [-0.2, 0) is 33.0 Å². The largest absolute Gasteiger partial charge is 0.443 e. The van der Waals surface area contributed by atoms with Crippen molar-refractivity contribution in [1.82, 2.24) is 84.3 Å². The van der Waals surface area contributed by atoms with E-state index in [2.05, 4.69) is 114 Å². The highest BCUT2D eigenvalue weighted by molar-refractivity contribution is 7.72. The minimum absolute atomic E-state index is 0.346. The highest BCUT2D eigenvalue weighted by Crippen LogP contribution is 2.34. The van der Waals surface area contributed by atoms with Gasteiger partial charge in [0.05, 0.1) is 46.4 Å². The molecule has 0 aromatic carbocycles. The molecule has 0 bridgehead atoms. The quantitative estimate of drug-likeness (QED) is 0.0628. The maximum absolute atomic E-state index is 5.79. The van der Waals surface area contributed by atoms with Crippen LogP contribution in [0.5, 0.6) is 0 Å². The van der Waals surface area contributed by atoms with Crippen molar-refractivity contribution < 1.29 is 4.42 Å². The van der Waals surface area contributed by atoms with Crippen LogP contribution < -0.4 is 40.1 Å². The predicted octanol–water partition coefficient (Wildman–Crippen LogP) is 9.54. The molecule has 14 rings (SSSR count). The average molecular weight is 1260 g/mol. The Hall–Kier alpha value is -9.07. The summed E-state index contributed by atoms with van der Waals surface area (Å²) >= 11 is 34.1. The van der Waals surface area contributed by atoms with Crippen LogP contribution >= 0.6 is 85.5 Å². The van der Waals surface area contributed by atoms with Crippen LogP contribution in [0.2, 0.25) is 0 Å². The first kappa shape index (κ1) is 61.0. The molecule has 0 unspecified atom stereocenters. The molecule has 13 heterocycles. The van der Waals surface area contributed by atoms with Crippen LogP contribution in [0.3, 0.4) is 0 Å². The van der Waals surface area contributed by atoms with E-state index >= 15 is 0 Å². The van der Waals surface area contributed by atoms with Gasteiger partial charge in [-0.05, 0) is 138 Å². The third kappa shape index (κ3) is 13.7. The minimum Gasteiger partial charge on any atom is -0.443 e. The average Bonchev–Trinajstić information content (AvgIpc) is 4.37. The first-order valence-corrected chi connectivity index (χ1v) is 27.5. The van der Waals surface area contributed by atoms with Gasteiger partial charge in [-0.1, -0.05) is 5.57 Å². The van der Waals surface area contributed by atoms with Gasteiger partial charge in [-0.2, -0.15) is 15.1 Å². The Morgan fingerprint density at radius 3 is 1.82 bits per heavy atom. The van der Waals surface area contributed by atoms with Crippen LogP contribution in [0.15, 0.2) is 36.5 Å². The van der Waals surface area contributed by atoms with E-state index in [1.807, 2.05) is 34.7 Å². The van der Waals surface area contributed by atoms with E-state index in [1.54, 1.807) is 23.3 Å². The monoisotopic (exact) mass is 1260 g/mol. The van der Waals surface area contributed by atoms with Crippen molar-refractivity contribution in [1.29, 1.82) is 0 Å². The normalized spacial score (nSPS) is 12.5. The number of hydrogen-bond donors (Lipinski definition) is 15. The number of allylic oxidation sites excluding steroid dienone is 2. The highest BCUT2D eigenvalue weighted by atomic mass is 32.1. The lowest BCUT2D eigenvalue weighted by Crippen LogP contribution is -2.01. The lowest BCUT2D eigenvalue weighted by atomic mass is 10.1. The zero-order chi connectivity index (χ0) is 61.0. The number of imidazole rings is 1. The molecule has 84 heavy (non-hydrogen) atoms. The number of nitrogens with one attached hydrogen (secondary N) is 8. The van der Waals surface area contributed by atoms with Crippen LogP contribution in [0.25, 0.3) is 38.9 Å². The Kier molecular flexibility index (Phi) is 18.6. The molecule has 29 nitrogen and oxygen atoms in total. The number of H-pyrrole nitrogens is 8. The van der Waals surface area contributed by atoms with E-state index in [1.165, 1.54) is 11.1 Å². The van der Waals surface area contributed by atoms with Gasteiger partial charge in [0.25, 0.3) is 0 Å². The Morgan fingerprint density at radius 1 is 0.548 bits per heavy atom. The van der Waals surface area contributed by atoms with Crippen molar-refractivity contribution in [2.45, 2.75) is 67.5 Å². The first-order chi connectivity index (χ1) is 39.8. The summed E-state index contributed by atoms with van der Waals surface area (Å²) < 4.78 is 10.0. The third-order valence-corrected chi connectivity index (χ3v) is 14.2. The van der Waals surface area contributed by atoms with Gasteiger partial charge >= 0.3 is 0 Å². The summed E-state index contributed by atoms with van der Waals surface area (Å²) in [5.74, 6) is 4.08. The molecule has 10 aromatic rings. The Labute approximate surface area is 510 Å². The molecule has 3 aliphatic heterocycles. The zero-order valence-electron chi connectivity index (χ0n) is 45.7. The van der Waals surface area contributed by atoms with Crippen molar-refractivity contribution in [2.75, 3.05) is 40.1 Å². The smallest absolute Gasteiger partial charge is 0.232 e. The molecule has 0 fully saturated rings. The van der Waals surface area contributed by atoms with E-state index < -0.39 is 0 Å². The summed E-state index contributed by atoms with van der Waals surface area (Å²) in [4.78, 5) is 63.2. The fourth-order valence-electron chi connectivity index (χ4n) is 8.52. The molecule has 1 aliphatic carbocycles. The van der Waals surface area contributed by atoms with E-state index in [9.17, 15) is 0 Å². The number of azo groups is 1. The number of fused-ring (bicyclic) bond motifs is 7. The molecule has 0 radical (unpaired) electrons. The van der Waals surface area contributed by atoms with Crippen molar-refractivity contribution in [3.8, 4) is 0 Å². The molecular formula is C48H54N28OS7. The summed E-state index contributed by atoms with van der Waals surface area (Å²) in [5, 5.41) is 8.41. The SMILES string of the molecule is CC1=C(C)c2c(N)nc(=S)[nH]c2C1.Cc1[nH]c2c(N)nc(=S)[nH]c2c1C.Cc1oc2nc(=S)[nH]c(N)c2c1C.Cn1cnc2nc(=S)[nH]c(N)c21.Nc1nc(=S)[nH]c2c1C=NC2.Nc1nc(=S)[nH]c2c1N=CC2.Nc1nc(=S)[nH]c2c1N=NC2. The van der Waals surface area contributed by atoms with Crippen LogP contribution in [0, 0.1) is 61.1 Å². The number of anilines is 7. The Morgan fingerprint density at radius 2 is 1.12 bits per heavy atom. The zero-order valence-corrected chi connectivity index (χ0v) is 51.4. The summed E-state index contributed by atoms with van der Waals surface area (Å²) in [6.07, 6.45) is 6.83. The maximum Gasteiger partial charge on any atom is 0.232 e. The van der Waals surface area contributed by atoms with E-state index in [0.717, 1.165) is 96.9 Å². The van der Waals surface area contributed by atoms with E-state index in [0.29, 0.717) is 104 Å². The summed E-state index contributed by atoms with van der Waals surface area (Å²) in [6.45, 7) is 13.1. The first-order valence-electron chi connectivity index (χ1n) is 24.7. The predicted molar refractivity (Wildman–Crippen MR) is 345 cm³/mol. The molecule has 0 saturated heterocycles. The van der Waals surface area contributed by atoms with E-state index in [4.69, 9.17) is 130 Å². The number of aliphatic imine (C=N–C) groups is 2. The molecule has 22 N–H and O–H groups in total. The van der Waals surface area contributed by atoms with Crippen LogP contribution in [0.4, 0.5) is 52.1 Å². The number of rotatable bonds is 0. The van der Waals surface area contributed by atoms with Gasteiger partial charge in [-0.15, -0.1) is 5.11 Å². The number of aryl methyl sites for hydroxylation is 5. The van der Waals surface area contributed by atoms with Crippen molar-refractivity contribution >= 4 is 189 Å². The van der Waals surface area contributed by atoms with Crippen molar-refractivity contribution in [2.24, 2.45) is 27.3 Å². The lowest BCUT2D eigenvalue weighted by Gasteiger charge is -2.03. The second-order valence-corrected chi connectivity index (χ2v) is 21.2. The Balaban J connectivity index is 0.000000128. The summed E-state index contributed by atoms with van der Waals surface area (Å²) in [6, 6.07) is 0. The third-order valence-electron chi connectivity index (χ3n) is 12.9. The number of furan rings is 1. The van der Waals surface area contributed by atoms with Crippen molar-refractivity contribution in [3.63, 3.8) is 0 Å². The van der Waals surface area contributed by atoms with Gasteiger partial charge in [-0.25, -0.2) is 29.9 Å². The summed E-state index contributed by atoms with van der Waals surface area (Å²) in [5.41, 5.74) is 56.2. The van der Waals surface area contributed by atoms with Gasteiger partial charge < -0.3 is 89.0 Å². The lowest BCUT2D eigenvalue weighted by molar-refractivity contribution is 0.563. The minimum atomic E-state index is 0.346. The van der Waals surface area contributed by atoms with Crippen molar-refractivity contribution in [3.05, 3.63) is 102 Å². The van der Waals surface area contributed by atoms with Crippen LogP contribution in [0.1, 0.15) is 70.3 Å². The number of nitrogens with zero attached hydrogens (tertiary/aromatic N) is 13. The number of aromatic amines is 8. The van der Waals surface area contributed by atoms with Crippen LogP contribution in [-0.4, -0.2) is 96.7 Å². The van der Waals surface area contributed by atoms with Gasteiger partial charge in [-0.3, -0.25) is 9.98 Å². The standard InChI is InChI=1S/C9H11N3S.C8H10N4S.C8H9N3OS.C6H7N5S.2C6H6N4S.C5H5N5S/c1-4-3-6-7(5(4)2)8(10)12-9(13)11-6;1-3-4(2)10-6-5(3)11-8(13)12-7(6)9;1-3-4(2)12-7-5(3)6(9)10-8(13)11-7;1-11-2-8-5-3(11)4(7)9-6(12)10-5;7-5-3-1-8-2-4(3)9-6(11)10-5;7-5-4-3(1-2-8-4)9-6(11)10-5;6-4-3-2(1-7-10-3)8-5(11)9-4/h3H2,1-2H3,(H3,10,11,12,13);10H,1-2H3,(H3,9,11,12,13);1-2H3,(H3,9,10,11,13);2H,1H3,(H3,7,9,10,12);1H,2H2,(H3,7,9,10,11);2H,1H2,(H3,7,9,10,11);1H2,(H3,6,8,9,11). The van der Waals surface area contributed by atoms with Gasteiger partial charge in [0.1, 0.15) is 58.0 Å². The number of nitrogens with two attached hydrogens (primary N) is 7. The molecule has 434 valence electrons. The van der Waals surface area contributed by atoms with Gasteiger partial charge in [0.15, 0.2) is 47.0 Å². The molecule has 0 saturated carbocycles. The molecule has 4 aliphatic rings. The fourth-order valence-corrected chi connectivity index (χ4v) is 9.99. The molecule has 10 aromatic heterocycles. The van der Waals surface area contributed by atoms with Gasteiger partial charge in [0.2, 0.25) is 15.3 Å². The highest BCUT2D eigenvalue weighted by Gasteiger charge is 2.20. The molecule has 36 heteroatoms. The topological polar surface area (TPSA) is 479 Å². The van der Waals surface area contributed by atoms with Gasteiger partial charge in [0, 0.05) is 54.8 Å².